The van der Waals surface area contributed by atoms with Gasteiger partial charge in [0.25, 0.3) is 0 Å². The lowest BCUT2D eigenvalue weighted by Crippen LogP contribution is -2.36. The number of fused-ring (bicyclic) bond motifs is 1. The Balaban J connectivity index is 1.53. The number of aromatic nitrogens is 3. The first-order chi connectivity index (χ1) is 18.0. The second-order valence-electron chi connectivity index (χ2n) is 10.5. The van der Waals surface area contributed by atoms with Crippen LogP contribution in [0.25, 0.3) is 22.3 Å². The Morgan fingerprint density at radius 2 is 1.84 bits per heavy atom. The molecular weight excluding hydrogens is 510 g/mol. The van der Waals surface area contributed by atoms with E-state index in [1.807, 2.05) is 32.9 Å². The summed E-state index contributed by atoms with van der Waals surface area (Å²) in [5.74, 6) is 1.14. The molecule has 3 aromatic heterocycles. The number of aliphatic hydroxyl groups excluding tert-OH is 2. The van der Waals surface area contributed by atoms with Gasteiger partial charge in [-0.05, 0) is 52.5 Å². The molecule has 12 heteroatoms. The zero-order chi connectivity index (χ0) is 27.2. The summed E-state index contributed by atoms with van der Waals surface area (Å²) in [6.07, 6.45) is 2.32. The Labute approximate surface area is 222 Å². The third kappa shape index (κ3) is 5.43. The first kappa shape index (κ1) is 26.6. The van der Waals surface area contributed by atoms with Crippen molar-refractivity contribution in [2.45, 2.75) is 70.7 Å². The van der Waals surface area contributed by atoms with E-state index in [4.69, 9.17) is 14.1 Å². The maximum Gasteiger partial charge on any atom is 0.225 e. The number of hydrogen-bond acceptors (Lipinski definition) is 11. The monoisotopic (exact) mass is 545 g/mol. The van der Waals surface area contributed by atoms with Crippen molar-refractivity contribution in [1.82, 2.24) is 15.0 Å². The first-order valence-electron chi connectivity index (χ1n) is 13.0. The topological polar surface area (TPSA) is 160 Å². The van der Waals surface area contributed by atoms with Crippen molar-refractivity contribution in [3.63, 3.8) is 0 Å². The Kier molecular flexibility index (Phi) is 7.23. The minimum Gasteiger partial charge on any atom is -0.478 e. The number of nitrogens with zero attached hydrogens (tertiary/aromatic N) is 3. The highest BCUT2D eigenvalue weighted by Gasteiger charge is 2.43. The summed E-state index contributed by atoms with van der Waals surface area (Å²) < 4.78 is 35.6. The van der Waals surface area contributed by atoms with Crippen molar-refractivity contribution < 1.29 is 27.8 Å². The van der Waals surface area contributed by atoms with E-state index in [-0.39, 0.29) is 12.2 Å². The molecule has 2 fully saturated rings. The molecule has 0 aliphatic heterocycles. The van der Waals surface area contributed by atoms with Gasteiger partial charge in [0.15, 0.2) is 5.58 Å². The molecule has 2 aliphatic rings. The molecule has 0 aromatic carbocycles. The summed E-state index contributed by atoms with van der Waals surface area (Å²) in [7, 11) is -3.33. The van der Waals surface area contributed by atoms with Crippen molar-refractivity contribution in [2.24, 2.45) is 5.92 Å². The highest BCUT2D eigenvalue weighted by Crippen LogP contribution is 2.38. The number of pyridine rings is 1. The minimum atomic E-state index is -3.33. The molecule has 2 aliphatic carbocycles. The smallest absolute Gasteiger partial charge is 0.225 e. The largest absolute Gasteiger partial charge is 0.478 e. The van der Waals surface area contributed by atoms with Crippen LogP contribution in [-0.2, 0) is 9.84 Å². The molecule has 0 spiro atoms. The number of hydrogen-bond donors (Lipinski definition) is 4. The van der Waals surface area contributed by atoms with Crippen LogP contribution >= 0.6 is 0 Å². The average Bonchev–Trinajstić information content (AvgIpc) is 3.32. The SMILES string of the molecule is CCOc1cc2cc(-c3c(C)nc(NC4CCC4)nc3N[C@@H]3C[C@H](CS(C)(=O)=O)[C@@H](O)[C@H]3O)oc2c(C)n1. The fraction of sp³-hybridized carbons (Fsp3) is 0.577. The summed E-state index contributed by atoms with van der Waals surface area (Å²) in [5, 5.41) is 28.9. The second kappa shape index (κ2) is 10.3. The zero-order valence-corrected chi connectivity index (χ0v) is 22.9. The molecule has 3 aromatic rings. The Morgan fingerprint density at radius 3 is 2.50 bits per heavy atom. The molecule has 5 rings (SSSR count). The summed E-state index contributed by atoms with van der Waals surface area (Å²) in [4.78, 5) is 13.9. The van der Waals surface area contributed by atoms with Gasteiger partial charge in [0.2, 0.25) is 11.8 Å². The van der Waals surface area contributed by atoms with Crippen molar-refractivity contribution in [3.8, 4) is 17.2 Å². The predicted molar refractivity (Wildman–Crippen MR) is 144 cm³/mol. The van der Waals surface area contributed by atoms with Crippen LogP contribution in [-0.4, -0.2) is 76.5 Å². The van der Waals surface area contributed by atoms with E-state index < -0.39 is 34.0 Å². The van der Waals surface area contributed by atoms with E-state index in [9.17, 15) is 18.6 Å². The molecule has 4 N–H and O–H groups in total. The quantitative estimate of drug-likeness (QED) is 0.313. The van der Waals surface area contributed by atoms with Gasteiger partial charge in [-0.15, -0.1) is 0 Å². The van der Waals surface area contributed by atoms with Gasteiger partial charge in [-0.3, -0.25) is 0 Å². The van der Waals surface area contributed by atoms with Gasteiger partial charge < -0.3 is 30.0 Å². The van der Waals surface area contributed by atoms with Crippen LogP contribution in [0.1, 0.15) is 44.0 Å². The Bertz CT molecular complexity index is 1440. The molecule has 0 bridgehead atoms. The second-order valence-corrected chi connectivity index (χ2v) is 12.6. The molecule has 11 nitrogen and oxygen atoms in total. The average molecular weight is 546 g/mol. The van der Waals surface area contributed by atoms with Gasteiger partial charge in [0.1, 0.15) is 27.5 Å². The maximum atomic E-state index is 11.9. The number of nitrogens with one attached hydrogen (secondary N) is 2. The molecular formula is C26H35N5O6S. The number of aryl methyl sites for hydroxylation is 2. The number of sulfone groups is 1. The van der Waals surface area contributed by atoms with Gasteiger partial charge in [-0.25, -0.2) is 18.4 Å². The minimum absolute atomic E-state index is 0.203. The molecule has 0 saturated heterocycles. The third-order valence-corrected chi connectivity index (χ3v) is 8.39. The van der Waals surface area contributed by atoms with E-state index >= 15 is 0 Å². The summed E-state index contributed by atoms with van der Waals surface area (Å²) in [6, 6.07) is 3.40. The van der Waals surface area contributed by atoms with Crippen LogP contribution in [0.5, 0.6) is 5.88 Å². The van der Waals surface area contributed by atoms with Gasteiger partial charge in [0.05, 0.1) is 41.5 Å². The van der Waals surface area contributed by atoms with E-state index in [0.717, 1.165) is 30.9 Å². The van der Waals surface area contributed by atoms with Crippen LogP contribution in [0.2, 0.25) is 0 Å². The molecule has 3 heterocycles. The summed E-state index contributed by atoms with van der Waals surface area (Å²) in [5.41, 5.74) is 2.59. The molecule has 38 heavy (non-hydrogen) atoms. The highest BCUT2D eigenvalue weighted by atomic mass is 32.2. The summed E-state index contributed by atoms with van der Waals surface area (Å²) >= 11 is 0. The molecule has 0 radical (unpaired) electrons. The van der Waals surface area contributed by atoms with Crippen molar-refractivity contribution in [2.75, 3.05) is 29.2 Å². The molecule has 4 atom stereocenters. The van der Waals surface area contributed by atoms with Crippen LogP contribution in [0.4, 0.5) is 11.8 Å². The van der Waals surface area contributed by atoms with Gasteiger partial charge in [-0.2, -0.15) is 4.98 Å². The normalized spacial score (nSPS) is 23.9. The number of ether oxygens (including phenoxy) is 1. The van der Waals surface area contributed by atoms with E-state index in [2.05, 4.69) is 20.6 Å². The highest BCUT2D eigenvalue weighted by molar-refractivity contribution is 7.90. The fourth-order valence-corrected chi connectivity index (χ4v) is 6.40. The summed E-state index contributed by atoms with van der Waals surface area (Å²) in [6.45, 7) is 6.11. The maximum absolute atomic E-state index is 11.9. The predicted octanol–water partition coefficient (Wildman–Crippen LogP) is 2.83. The Morgan fingerprint density at radius 1 is 1.08 bits per heavy atom. The number of anilines is 2. The molecule has 0 unspecified atom stereocenters. The molecule has 2 saturated carbocycles. The van der Waals surface area contributed by atoms with E-state index in [1.165, 1.54) is 0 Å². The number of aliphatic hydroxyl groups is 2. The Hall–Kier alpha value is -2.96. The van der Waals surface area contributed by atoms with Gasteiger partial charge in [0, 0.05) is 29.7 Å². The van der Waals surface area contributed by atoms with Crippen LogP contribution < -0.4 is 15.4 Å². The number of rotatable bonds is 9. The van der Waals surface area contributed by atoms with Gasteiger partial charge >= 0.3 is 0 Å². The standard InChI is InChI=1S/C26H35N5O6S/c1-5-36-20-11-15-10-19(37-24(15)14(3)27-20)21-13(2)28-26(29-17-7-6-8-17)31-25(21)30-18-9-16(12-38(4,34)35)22(32)23(18)33/h10-11,16-18,22-23,32-33H,5-9,12H2,1-4H3,(H2,28,29,30,31)/t16-,18-,22-,23+/m1/s1. The lowest BCUT2D eigenvalue weighted by atomic mass is 9.93. The fourth-order valence-electron chi connectivity index (χ4n) is 5.29. The molecule has 206 valence electrons. The van der Waals surface area contributed by atoms with Gasteiger partial charge in [-0.1, -0.05) is 0 Å². The van der Waals surface area contributed by atoms with Crippen LogP contribution in [0.3, 0.4) is 0 Å². The number of furan rings is 1. The molecule has 0 amide bonds. The lowest BCUT2D eigenvalue weighted by molar-refractivity contribution is 0.0216. The van der Waals surface area contributed by atoms with Crippen molar-refractivity contribution in [1.29, 1.82) is 0 Å². The van der Waals surface area contributed by atoms with E-state index in [0.29, 0.717) is 58.6 Å². The van der Waals surface area contributed by atoms with Crippen LogP contribution in [0, 0.1) is 19.8 Å². The lowest BCUT2D eigenvalue weighted by Gasteiger charge is -2.27. The zero-order valence-electron chi connectivity index (χ0n) is 22.1. The first-order valence-corrected chi connectivity index (χ1v) is 15.1. The van der Waals surface area contributed by atoms with Crippen molar-refractivity contribution >= 4 is 32.6 Å². The van der Waals surface area contributed by atoms with E-state index in [1.54, 1.807) is 0 Å². The van der Waals surface area contributed by atoms with Crippen molar-refractivity contribution in [3.05, 3.63) is 23.5 Å². The third-order valence-electron chi connectivity index (χ3n) is 7.35. The van der Waals surface area contributed by atoms with Crippen LogP contribution in [0.15, 0.2) is 16.5 Å².